The van der Waals surface area contributed by atoms with Crippen LogP contribution in [0.5, 0.6) is 0 Å². The van der Waals surface area contributed by atoms with Crippen LogP contribution in [0.3, 0.4) is 0 Å². The quantitative estimate of drug-likeness (QED) is 0.337. The van der Waals surface area contributed by atoms with Crippen LogP contribution in [0.4, 0.5) is 4.39 Å². The summed E-state index contributed by atoms with van der Waals surface area (Å²) in [5, 5.41) is 9.20. The second kappa shape index (κ2) is 12.9. The molecule has 1 amide bonds. The Morgan fingerprint density at radius 1 is 1.28 bits per heavy atom. The van der Waals surface area contributed by atoms with Gasteiger partial charge >= 0.3 is 0 Å². The molecule has 0 N–H and O–H groups in total. The van der Waals surface area contributed by atoms with Gasteiger partial charge in [-0.15, -0.1) is 0 Å². The maximum Gasteiger partial charge on any atom is 0.273 e. The van der Waals surface area contributed by atoms with Crippen LogP contribution >= 0.6 is 11.6 Å². The third kappa shape index (κ3) is 6.75. The Balaban J connectivity index is 2.00. The topological polar surface area (TPSA) is 91.3 Å². The van der Waals surface area contributed by atoms with E-state index in [0.717, 1.165) is 5.56 Å². The van der Waals surface area contributed by atoms with E-state index < -0.39 is 17.3 Å². The molecule has 1 aromatic carbocycles. The molecule has 1 atom stereocenters. The van der Waals surface area contributed by atoms with E-state index >= 15 is 4.39 Å². The van der Waals surface area contributed by atoms with Crippen LogP contribution in [-0.2, 0) is 6.42 Å². The molecule has 0 aliphatic heterocycles. The van der Waals surface area contributed by atoms with Crippen molar-refractivity contribution in [2.45, 2.75) is 33.1 Å². The van der Waals surface area contributed by atoms with E-state index in [2.05, 4.69) is 16.0 Å². The molecule has 200 valence electrons. The van der Waals surface area contributed by atoms with Gasteiger partial charge in [-0.2, -0.15) is 5.26 Å². The highest BCUT2D eigenvalue weighted by Gasteiger charge is 2.19. The lowest BCUT2D eigenvalue weighted by atomic mass is 9.94. The molecule has 0 saturated carbocycles. The first-order chi connectivity index (χ1) is 18.6. The zero-order valence-corrected chi connectivity index (χ0v) is 23.2. The van der Waals surface area contributed by atoms with Crippen molar-refractivity contribution in [1.29, 1.82) is 5.26 Å². The first kappa shape index (κ1) is 29.2. The second-order valence-corrected chi connectivity index (χ2v) is 9.59. The molecule has 39 heavy (non-hydrogen) atoms. The number of hydrogen-bond acceptors (Lipinski definition) is 5. The van der Waals surface area contributed by atoms with E-state index in [-0.39, 0.29) is 27.8 Å². The minimum atomic E-state index is -0.703. The van der Waals surface area contributed by atoms with Crippen molar-refractivity contribution in [2.75, 3.05) is 14.1 Å². The minimum Gasteiger partial charge on any atom is -0.345 e. The van der Waals surface area contributed by atoms with Crippen LogP contribution in [0, 0.1) is 24.1 Å². The fourth-order valence-electron chi connectivity index (χ4n) is 4.05. The van der Waals surface area contributed by atoms with Gasteiger partial charge < -0.3 is 4.90 Å². The molecular formula is C30H29ClFN5O2. The number of nitrogens with zero attached hydrogens (tertiary/aromatic N) is 5. The lowest BCUT2D eigenvalue weighted by molar-refractivity contribution is 0.0823. The van der Waals surface area contributed by atoms with E-state index in [4.69, 9.17) is 16.9 Å². The van der Waals surface area contributed by atoms with Crippen molar-refractivity contribution >= 4 is 29.4 Å². The van der Waals surface area contributed by atoms with E-state index in [1.54, 1.807) is 52.3 Å². The van der Waals surface area contributed by atoms with Gasteiger partial charge in [-0.3, -0.25) is 24.1 Å². The smallest absolute Gasteiger partial charge is 0.273 e. The zero-order chi connectivity index (χ0) is 28.7. The summed E-state index contributed by atoms with van der Waals surface area (Å²) in [6.45, 7) is 5.50. The number of hydrogen-bond donors (Lipinski definition) is 0. The number of benzene rings is 1. The fourth-order valence-corrected chi connectivity index (χ4v) is 4.39. The molecule has 0 fully saturated rings. The van der Waals surface area contributed by atoms with Gasteiger partial charge in [-0.05, 0) is 67.7 Å². The van der Waals surface area contributed by atoms with Gasteiger partial charge in [0.1, 0.15) is 16.9 Å². The van der Waals surface area contributed by atoms with Gasteiger partial charge in [0.05, 0.1) is 16.8 Å². The molecule has 0 radical (unpaired) electrons. The molecule has 3 aromatic rings. The van der Waals surface area contributed by atoms with Gasteiger partial charge in [0.2, 0.25) is 0 Å². The molecule has 2 aromatic heterocycles. The number of rotatable bonds is 8. The number of carbonyl (C=O) groups is 1. The van der Waals surface area contributed by atoms with Crippen LogP contribution in [0.25, 0.3) is 6.20 Å². The zero-order valence-electron chi connectivity index (χ0n) is 22.4. The third-order valence-corrected chi connectivity index (χ3v) is 6.44. The minimum absolute atomic E-state index is 0.0684. The molecule has 1 unspecified atom stereocenters. The summed E-state index contributed by atoms with van der Waals surface area (Å²) >= 11 is 6.54. The molecule has 0 bridgehead atoms. The molecule has 7 nitrogen and oxygen atoms in total. The van der Waals surface area contributed by atoms with Gasteiger partial charge in [0.15, 0.2) is 0 Å². The number of aryl methyl sites for hydroxylation is 1. The lowest BCUT2D eigenvalue weighted by Crippen LogP contribution is -2.23. The van der Waals surface area contributed by atoms with Crippen LogP contribution in [-0.4, -0.2) is 40.2 Å². The Bertz CT molecular complexity index is 1580. The maximum atomic E-state index is 15.4. The first-order valence-corrected chi connectivity index (χ1v) is 12.6. The predicted molar refractivity (Wildman–Crippen MR) is 153 cm³/mol. The molecule has 9 heteroatoms. The van der Waals surface area contributed by atoms with Crippen LogP contribution in [0.15, 0.2) is 70.9 Å². The monoisotopic (exact) mass is 545 g/mol. The summed E-state index contributed by atoms with van der Waals surface area (Å²) in [4.78, 5) is 35.4. The van der Waals surface area contributed by atoms with Crippen molar-refractivity contribution in [2.24, 2.45) is 4.99 Å². The first-order valence-electron chi connectivity index (χ1n) is 12.2. The standard InChI is InChI=1S/C30H29ClFN5O2/c1-6-11-35-26(23-8-7-9-24(28(23)32)29(38)36(4)5)10-12-37-20(3)14-25(27(31)30(37)39)19(2)13-21-15-22(16-33)18-34-17-21/h6-12,14-15,17-19H,13H2,1-5H3/b11-6+,12-10+,35-26-. The molecule has 0 spiro atoms. The van der Waals surface area contributed by atoms with E-state index in [9.17, 15) is 9.59 Å². The Kier molecular flexibility index (Phi) is 9.69. The summed E-state index contributed by atoms with van der Waals surface area (Å²) in [6.07, 6.45) is 9.91. The van der Waals surface area contributed by atoms with Gasteiger partial charge in [-0.1, -0.05) is 30.7 Å². The normalized spacial score (nSPS) is 12.6. The number of aliphatic imine (C=N–C) groups is 1. The summed E-state index contributed by atoms with van der Waals surface area (Å²) in [7, 11) is 3.10. The number of aromatic nitrogens is 2. The molecule has 2 heterocycles. The van der Waals surface area contributed by atoms with E-state index in [0.29, 0.717) is 23.2 Å². The Hall–Kier alpha value is -4.35. The summed E-state index contributed by atoms with van der Waals surface area (Å²) in [6, 6.07) is 10.2. The largest absolute Gasteiger partial charge is 0.345 e. The number of amides is 1. The van der Waals surface area contributed by atoms with Crippen molar-refractivity contribution in [3.63, 3.8) is 0 Å². The number of halogens is 2. The summed E-state index contributed by atoms with van der Waals surface area (Å²) < 4.78 is 16.7. The maximum absolute atomic E-state index is 15.4. The number of allylic oxidation sites excluding steroid dienone is 2. The SMILES string of the molecule is C/C=C/N=C(/C=C/n1c(C)cc(C(C)Cc2cncc(C#N)c2)c(Cl)c1=O)c1cccc(C(=O)N(C)C)c1F. The average Bonchev–Trinajstić information content (AvgIpc) is 2.92. The van der Waals surface area contributed by atoms with Crippen LogP contribution in [0.2, 0.25) is 5.02 Å². The van der Waals surface area contributed by atoms with E-state index in [1.807, 2.05) is 13.0 Å². The number of nitriles is 1. The van der Waals surface area contributed by atoms with Crippen molar-refractivity contribution in [3.8, 4) is 6.07 Å². The fraction of sp³-hybridized carbons (Fsp3) is 0.233. The van der Waals surface area contributed by atoms with Gasteiger partial charge in [0.25, 0.3) is 11.5 Å². The highest BCUT2D eigenvalue weighted by molar-refractivity contribution is 6.31. The van der Waals surface area contributed by atoms with Gasteiger partial charge in [0, 0.05) is 50.1 Å². The van der Waals surface area contributed by atoms with Crippen LogP contribution < -0.4 is 5.56 Å². The molecule has 0 saturated heterocycles. The summed E-state index contributed by atoms with van der Waals surface area (Å²) in [5.74, 6) is -1.29. The Morgan fingerprint density at radius 2 is 2.00 bits per heavy atom. The van der Waals surface area contributed by atoms with Gasteiger partial charge in [-0.25, -0.2) is 4.39 Å². The van der Waals surface area contributed by atoms with Crippen molar-refractivity contribution in [1.82, 2.24) is 14.5 Å². The Morgan fingerprint density at radius 3 is 2.67 bits per heavy atom. The third-order valence-electron chi connectivity index (χ3n) is 6.06. The van der Waals surface area contributed by atoms with E-state index in [1.165, 1.54) is 46.3 Å². The van der Waals surface area contributed by atoms with Crippen LogP contribution in [0.1, 0.15) is 58.1 Å². The highest BCUT2D eigenvalue weighted by atomic mass is 35.5. The molecular weight excluding hydrogens is 517 g/mol. The highest BCUT2D eigenvalue weighted by Crippen LogP contribution is 2.26. The number of pyridine rings is 2. The van der Waals surface area contributed by atoms with Crippen molar-refractivity contribution in [3.05, 3.63) is 116 Å². The molecule has 3 rings (SSSR count). The average molecular weight is 546 g/mol. The second-order valence-electron chi connectivity index (χ2n) is 9.21. The lowest BCUT2D eigenvalue weighted by Gasteiger charge is -2.16. The van der Waals surface area contributed by atoms with Crippen molar-refractivity contribution < 1.29 is 9.18 Å². The summed E-state index contributed by atoms with van der Waals surface area (Å²) in [5.41, 5.74) is 2.46. The molecule has 0 aliphatic carbocycles. The molecule has 0 aliphatic rings. The predicted octanol–water partition coefficient (Wildman–Crippen LogP) is 5.76. The Labute approximate surface area is 232 Å². The number of carbonyl (C=O) groups excluding carboxylic acids is 1.